The van der Waals surface area contributed by atoms with Gasteiger partial charge in [0.05, 0.1) is 11.8 Å². The SMILES string of the molecule is COC1CCC(Nc2ccc(C)cc2F)CC1. The molecular formula is C14H20FNO. The number of halogens is 1. The van der Waals surface area contributed by atoms with Crippen molar-refractivity contribution in [2.45, 2.75) is 44.8 Å². The van der Waals surface area contributed by atoms with Crippen LogP contribution in [0.1, 0.15) is 31.2 Å². The summed E-state index contributed by atoms with van der Waals surface area (Å²) in [6, 6.07) is 5.71. The Morgan fingerprint density at radius 1 is 1.24 bits per heavy atom. The molecule has 1 aromatic carbocycles. The van der Waals surface area contributed by atoms with E-state index in [0.717, 1.165) is 31.2 Å². The van der Waals surface area contributed by atoms with Crippen LogP contribution in [0.5, 0.6) is 0 Å². The van der Waals surface area contributed by atoms with E-state index >= 15 is 0 Å². The van der Waals surface area contributed by atoms with Gasteiger partial charge >= 0.3 is 0 Å². The van der Waals surface area contributed by atoms with Gasteiger partial charge in [-0.25, -0.2) is 4.39 Å². The van der Waals surface area contributed by atoms with Crippen LogP contribution in [0.25, 0.3) is 0 Å². The molecule has 1 fully saturated rings. The zero-order chi connectivity index (χ0) is 12.3. The van der Waals surface area contributed by atoms with E-state index in [9.17, 15) is 4.39 Å². The quantitative estimate of drug-likeness (QED) is 0.868. The minimum Gasteiger partial charge on any atom is -0.381 e. The molecule has 1 aliphatic rings. The van der Waals surface area contributed by atoms with Gasteiger partial charge in [-0.1, -0.05) is 6.07 Å². The molecule has 17 heavy (non-hydrogen) atoms. The first-order valence-electron chi connectivity index (χ1n) is 6.24. The van der Waals surface area contributed by atoms with E-state index in [0.29, 0.717) is 17.8 Å². The zero-order valence-corrected chi connectivity index (χ0v) is 10.5. The molecule has 3 heteroatoms. The number of hydrogen-bond donors (Lipinski definition) is 1. The van der Waals surface area contributed by atoms with Crippen molar-refractivity contribution < 1.29 is 9.13 Å². The molecule has 0 saturated heterocycles. The predicted molar refractivity (Wildman–Crippen MR) is 67.8 cm³/mol. The van der Waals surface area contributed by atoms with Gasteiger partial charge in [0.2, 0.25) is 0 Å². The van der Waals surface area contributed by atoms with Gasteiger partial charge in [0.25, 0.3) is 0 Å². The maximum atomic E-state index is 13.7. The van der Waals surface area contributed by atoms with Crippen LogP contribution in [0.15, 0.2) is 18.2 Å². The van der Waals surface area contributed by atoms with Crippen LogP contribution in [0.2, 0.25) is 0 Å². The van der Waals surface area contributed by atoms with E-state index in [1.54, 1.807) is 13.2 Å². The molecule has 1 N–H and O–H groups in total. The van der Waals surface area contributed by atoms with Gasteiger partial charge in [0.1, 0.15) is 5.82 Å². The largest absolute Gasteiger partial charge is 0.381 e. The summed E-state index contributed by atoms with van der Waals surface area (Å²) in [6.45, 7) is 1.90. The van der Waals surface area contributed by atoms with E-state index in [1.807, 2.05) is 19.1 Å². The summed E-state index contributed by atoms with van der Waals surface area (Å²) in [5, 5.41) is 3.29. The summed E-state index contributed by atoms with van der Waals surface area (Å²) in [4.78, 5) is 0. The second-order valence-electron chi connectivity index (χ2n) is 4.84. The Labute approximate surface area is 102 Å². The molecule has 0 atom stereocenters. The Bertz CT molecular complexity index is 372. The lowest BCUT2D eigenvalue weighted by Crippen LogP contribution is -2.29. The summed E-state index contributed by atoms with van der Waals surface area (Å²) < 4.78 is 19.0. The molecule has 0 amide bonds. The van der Waals surface area contributed by atoms with Crippen molar-refractivity contribution in [3.8, 4) is 0 Å². The molecule has 0 aliphatic heterocycles. The molecule has 0 aromatic heterocycles. The minimum absolute atomic E-state index is 0.154. The molecule has 0 bridgehead atoms. The molecule has 1 saturated carbocycles. The summed E-state index contributed by atoms with van der Waals surface area (Å²) in [7, 11) is 1.76. The average Bonchev–Trinajstić information content (AvgIpc) is 2.34. The van der Waals surface area contributed by atoms with Crippen LogP contribution in [0, 0.1) is 12.7 Å². The molecule has 2 nitrogen and oxygen atoms in total. The minimum atomic E-state index is -0.154. The smallest absolute Gasteiger partial charge is 0.146 e. The summed E-state index contributed by atoms with van der Waals surface area (Å²) >= 11 is 0. The van der Waals surface area contributed by atoms with E-state index < -0.39 is 0 Å². The van der Waals surface area contributed by atoms with Crippen molar-refractivity contribution in [3.05, 3.63) is 29.6 Å². The highest BCUT2D eigenvalue weighted by atomic mass is 19.1. The van der Waals surface area contributed by atoms with E-state index in [-0.39, 0.29) is 5.82 Å². The summed E-state index contributed by atoms with van der Waals surface area (Å²) in [5.41, 5.74) is 1.58. The maximum absolute atomic E-state index is 13.7. The third kappa shape index (κ3) is 3.19. The third-order valence-electron chi connectivity index (χ3n) is 3.49. The van der Waals surface area contributed by atoms with Crippen molar-refractivity contribution in [3.63, 3.8) is 0 Å². The Morgan fingerprint density at radius 2 is 1.94 bits per heavy atom. The number of benzene rings is 1. The lowest BCUT2D eigenvalue weighted by molar-refractivity contribution is 0.0681. The van der Waals surface area contributed by atoms with Crippen molar-refractivity contribution in [2.75, 3.05) is 12.4 Å². The van der Waals surface area contributed by atoms with Crippen LogP contribution in [0.3, 0.4) is 0 Å². The molecule has 0 radical (unpaired) electrons. The van der Waals surface area contributed by atoms with Crippen LogP contribution in [-0.2, 0) is 4.74 Å². The number of anilines is 1. The Hall–Kier alpha value is -1.09. The Kier molecular flexibility index (Phi) is 4.00. The molecule has 2 rings (SSSR count). The number of hydrogen-bond acceptors (Lipinski definition) is 2. The van der Waals surface area contributed by atoms with Crippen molar-refractivity contribution in [1.29, 1.82) is 0 Å². The van der Waals surface area contributed by atoms with Crippen LogP contribution < -0.4 is 5.32 Å². The van der Waals surface area contributed by atoms with Gasteiger partial charge in [-0.15, -0.1) is 0 Å². The number of aryl methyl sites for hydroxylation is 1. The Morgan fingerprint density at radius 3 is 2.53 bits per heavy atom. The molecule has 0 spiro atoms. The van der Waals surface area contributed by atoms with E-state index in [4.69, 9.17) is 4.74 Å². The summed E-state index contributed by atoms with van der Waals surface area (Å²) in [6.07, 6.45) is 4.59. The summed E-state index contributed by atoms with van der Waals surface area (Å²) in [5.74, 6) is -0.154. The van der Waals surface area contributed by atoms with Gasteiger partial charge < -0.3 is 10.1 Å². The highest BCUT2D eigenvalue weighted by Gasteiger charge is 2.21. The number of methoxy groups -OCH3 is 1. The first kappa shape index (κ1) is 12.4. The molecule has 1 aromatic rings. The molecule has 94 valence electrons. The number of rotatable bonds is 3. The van der Waals surface area contributed by atoms with Crippen LogP contribution in [-0.4, -0.2) is 19.3 Å². The topological polar surface area (TPSA) is 21.3 Å². The van der Waals surface area contributed by atoms with Gasteiger partial charge in [-0.3, -0.25) is 0 Å². The molecule has 1 aliphatic carbocycles. The monoisotopic (exact) mass is 237 g/mol. The second kappa shape index (κ2) is 5.50. The first-order chi connectivity index (χ1) is 8.19. The van der Waals surface area contributed by atoms with Gasteiger partial charge in [-0.2, -0.15) is 0 Å². The average molecular weight is 237 g/mol. The Balaban J connectivity index is 1.93. The lowest BCUT2D eigenvalue weighted by Gasteiger charge is -2.29. The standard InChI is InChI=1S/C14H20FNO/c1-10-3-8-14(13(15)9-10)16-11-4-6-12(17-2)7-5-11/h3,8-9,11-12,16H,4-7H2,1-2H3. The fourth-order valence-electron chi connectivity index (χ4n) is 2.40. The van der Waals surface area contributed by atoms with Gasteiger partial charge in [-0.05, 0) is 50.3 Å². The van der Waals surface area contributed by atoms with Crippen molar-refractivity contribution in [1.82, 2.24) is 0 Å². The lowest BCUT2D eigenvalue weighted by atomic mass is 9.93. The fourth-order valence-corrected chi connectivity index (χ4v) is 2.40. The third-order valence-corrected chi connectivity index (χ3v) is 3.49. The maximum Gasteiger partial charge on any atom is 0.146 e. The molecule has 0 heterocycles. The zero-order valence-electron chi connectivity index (χ0n) is 10.5. The first-order valence-corrected chi connectivity index (χ1v) is 6.24. The highest BCUT2D eigenvalue weighted by Crippen LogP contribution is 2.25. The fraction of sp³-hybridized carbons (Fsp3) is 0.571. The van der Waals surface area contributed by atoms with Crippen molar-refractivity contribution >= 4 is 5.69 Å². The highest BCUT2D eigenvalue weighted by molar-refractivity contribution is 5.47. The predicted octanol–water partition coefficient (Wildman–Crippen LogP) is 3.50. The molecule has 0 unspecified atom stereocenters. The second-order valence-corrected chi connectivity index (χ2v) is 4.84. The van der Waals surface area contributed by atoms with E-state index in [1.165, 1.54) is 0 Å². The number of nitrogens with one attached hydrogen (secondary N) is 1. The van der Waals surface area contributed by atoms with Gasteiger partial charge in [0.15, 0.2) is 0 Å². The normalized spacial score (nSPS) is 24.6. The van der Waals surface area contributed by atoms with Crippen LogP contribution >= 0.6 is 0 Å². The van der Waals surface area contributed by atoms with Crippen LogP contribution in [0.4, 0.5) is 10.1 Å². The van der Waals surface area contributed by atoms with Crippen molar-refractivity contribution in [2.24, 2.45) is 0 Å². The molecular weight excluding hydrogens is 217 g/mol. The number of ether oxygens (including phenoxy) is 1. The van der Waals surface area contributed by atoms with E-state index in [2.05, 4.69) is 5.32 Å². The van der Waals surface area contributed by atoms with Gasteiger partial charge in [0, 0.05) is 13.2 Å².